The first-order valence-corrected chi connectivity index (χ1v) is 6.13. The zero-order valence-electron chi connectivity index (χ0n) is 6.91. The van der Waals surface area contributed by atoms with Crippen LogP contribution in [0.5, 0.6) is 10.9 Å². The van der Waals surface area contributed by atoms with E-state index in [4.69, 9.17) is 16.3 Å². The monoisotopic (exact) mass is 337 g/mol. The lowest BCUT2D eigenvalue weighted by atomic mass is 10.3. The number of thiazole rings is 1. The van der Waals surface area contributed by atoms with Gasteiger partial charge in [-0.2, -0.15) is 4.98 Å². The highest BCUT2D eigenvalue weighted by atomic mass is 127. The van der Waals surface area contributed by atoms with Crippen molar-refractivity contribution in [3.63, 3.8) is 0 Å². The minimum absolute atomic E-state index is 0.468. The van der Waals surface area contributed by atoms with Crippen molar-refractivity contribution < 1.29 is 4.74 Å². The highest BCUT2D eigenvalue weighted by molar-refractivity contribution is 14.1. The Balaban J connectivity index is 2.23. The van der Waals surface area contributed by atoms with Crippen LogP contribution in [0.3, 0.4) is 0 Å². The number of hydrogen-bond donors (Lipinski definition) is 0. The first kappa shape index (κ1) is 10.2. The topological polar surface area (TPSA) is 22.1 Å². The van der Waals surface area contributed by atoms with Gasteiger partial charge in [-0.1, -0.05) is 35.1 Å². The fraction of sp³-hybridized carbons (Fsp3) is 0. The van der Waals surface area contributed by atoms with Gasteiger partial charge in [-0.3, -0.25) is 0 Å². The molecular formula is C9H5ClINOS. The summed E-state index contributed by atoms with van der Waals surface area (Å²) in [5.41, 5.74) is 0. The highest BCUT2D eigenvalue weighted by Gasteiger charge is 2.04. The lowest BCUT2D eigenvalue weighted by Gasteiger charge is -2.02. The van der Waals surface area contributed by atoms with Crippen LogP contribution in [0.2, 0.25) is 5.15 Å². The van der Waals surface area contributed by atoms with Gasteiger partial charge in [0.1, 0.15) is 10.9 Å². The molecule has 0 radical (unpaired) electrons. The molecule has 0 spiro atoms. The van der Waals surface area contributed by atoms with Gasteiger partial charge in [0.2, 0.25) is 0 Å². The van der Waals surface area contributed by atoms with E-state index in [-0.39, 0.29) is 0 Å². The van der Waals surface area contributed by atoms with Gasteiger partial charge in [0.15, 0.2) is 0 Å². The fourth-order valence-corrected chi connectivity index (χ4v) is 2.21. The van der Waals surface area contributed by atoms with Crippen molar-refractivity contribution >= 4 is 45.5 Å². The number of ether oxygens (including phenoxy) is 1. The van der Waals surface area contributed by atoms with Crippen molar-refractivity contribution in [1.82, 2.24) is 4.98 Å². The minimum atomic E-state index is 0.468. The third-order valence-electron chi connectivity index (χ3n) is 1.49. The normalized spacial score (nSPS) is 10.1. The highest BCUT2D eigenvalue weighted by Crippen LogP contribution is 2.29. The Labute approximate surface area is 104 Å². The third-order valence-corrected chi connectivity index (χ3v) is 3.42. The molecule has 2 aromatic rings. The number of para-hydroxylation sites is 1. The van der Waals surface area contributed by atoms with Crippen molar-refractivity contribution in [2.24, 2.45) is 0 Å². The number of hydrogen-bond acceptors (Lipinski definition) is 3. The molecule has 0 N–H and O–H groups in total. The van der Waals surface area contributed by atoms with E-state index < -0.39 is 0 Å². The third kappa shape index (κ3) is 2.37. The maximum Gasteiger partial charge on any atom is 0.280 e. The second-order valence-corrected chi connectivity index (χ2v) is 4.84. The van der Waals surface area contributed by atoms with E-state index in [1.165, 1.54) is 11.3 Å². The molecule has 1 heterocycles. The molecule has 1 aromatic carbocycles. The van der Waals surface area contributed by atoms with Crippen LogP contribution in [0.4, 0.5) is 0 Å². The largest absolute Gasteiger partial charge is 0.430 e. The zero-order valence-corrected chi connectivity index (χ0v) is 10.6. The summed E-state index contributed by atoms with van der Waals surface area (Å²) in [6, 6.07) is 7.76. The van der Waals surface area contributed by atoms with Crippen molar-refractivity contribution in [2.45, 2.75) is 0 Å². The van der Waals surface area contributed by atoms with Crippen LogP contribution >= 0.6 is 45.5 Å². The average Bonchev–Trinajstić information content (AvgIpc) is 2.56. The summed E-state index contributed by atoms with van der Waals surface area (Å²) in [5.74, 6) is 0.805. The van der Waals surface area contributed by atoms with Crippen molar-refractivity contribution in [3.8, 4) is 10.9 Å². The van der Waals surface area contributed by atoms with Crippen LogP contribution in [0.1, 0.15) is 0 Å². The van der Waals surface area contributed by atoms with Crippen LogP contribution in [-0.4, -0.2) is 4.98 Å². The van der Waals surface area contributed by atoms with Crippen LogP contribution < -0.4 is 4.74 Å². The predicted molar refractivity (Wildman–Crippen MR) is 66.4 cm³/mol. The van der Waals surface area contributed by atoms with Gasteiger partial charge in [-0.05, 0) is 34.7 Å². The van der Waals surface area contributed by atoms with Gasteiger partial charge in [0.25, 0.3) is 5.19 Å². The Morgan fingerprint density at radius 1 is 1.36 bits per heavy atom. The van der Waals surface area contributed by atoms with E-state index >= 15 is 0 Å². The molecule has 1 aromatic heterocycles. The number of aromatic nitrogens is 1. The van der Waals surface area contributed by atoms with Crippen LogP contribution in [0, 0.1) is 3.57 Å². The lowest BCUT2D eigenvalue weighted by molar-refractivity contribution is 0.475. The molecule has 0 aliphatic rings. The summed E-state index contributed by atoms with van der Waals surface area (Å²) in [7, 11) is 0. The number of halogens is 2. The van der Waals surface area contributed by atoms with Gasteiger partial charge in [0, 0.05) is 5.38 Å². The Morgan fingerprint density at radius 3 is 2.79 bits per heavy atom. The molecular weight excluding hydrogens is 333 g/mol. The van der Waals surface area contributed by atoms with Gasteiger partial charge < -0.3 is 4.74 Å². The van der Waals surface area contributed by atoms with Gasteiger partial charge in [0.05, 0.1) is 3.57 Å². The molecule has 2 nitrogen and oxygen atoms in total. The summed E-state index contributed by atoms with van der Waals surface area (Å²) in [4.78, 5) is 4.01. The second kappa shape index (κ2) is 4.46. The van der Waals surface area contributed by atoms with Crippen LogP contribution in [0.15, 0.2) is 29.6 Å². The smallest absolute Gasteiger partial charge is 0.280 e. The summed E-state index contributed by atoms with van der Waals surface area (Å²) in [6.07, 6.45) is 0. The molecule has 0 aliphatic heterocycles. The fourth-order valence-electron chi connectivity index (χ4n) is 0.907. The Bertz CT molecular complexity index is 446. The Morgan fingerprint density at radius 2 is 2.14 bits per heavy atom. The Hall–Kier alpha value is -0.330. The first-order chi connectivity index (χ1) is 6.75. The second-order valence-electron chi connectivity index (χ2n) is 2.47. The van der Waals surface area contributed by atoms with Crippen molar-refractivity contribution in [3.05, 3.63) is 38.4 Å². The maximum atomic E-state index is 5.68. The molecule has 0 atom stereocenters. The molecule has 72 valence electrons. The van der Waals surface area contributed by atoms with E-state index in [2.05, 4.69) is 27.6 Å². The molecule has 0 aliphatic carbocycles. The van der Waals surface area contributed by atoms with Gasteiger partial charge in [-0.15, -0.1) is 0 Å². The lowest BCUT2D eigenvalue weighted by Crippen LogP contribution is -1.85. The maximum absolute atomic E-state index is 5.68. The molecule has 0 saturated carbocycles. The SMILES string of the molecule is Clc1csc(Oc2ccccc2I)n1. The summed E-state index contributed by atoms with van der Waals surface area (Å²) in [5, 5.41) is 2.78. The standard InChI is InChI=1S/C9H5ClINOS/c10-8-5-14-9(12-8)13-7-4-2-1-3-6(7)11/h1-5H. The van der Waals surface area contributed by atoms with Crippen LogP contribution in [0.25, 0.3) is 0 Å². The average molecular weight is 338 g/mol. The first-order valence-electron chi connectivity index (χ1n) is 3.79. The molecule has 0 amide bonds. The molecule has 0 saturated heterocycles. The van der Waals surface area contributed by atoms with Crippen LogP contribution in [-0.2, 0) is 0 Å². The summed E-state index contributed by atoms with van der Waals surface area (Å²) in [6.45, 7) is 0. The molecule has 0 fully saturated rings. The number of rotatable bonds is 2. The van der Waals surface area contributed by atoms with E-state index in [9.17, 15) is 0 Å². The quantitative estimate of drug-likeness (QED) is 0.767. The van der Waals surface area contributed by atoms with Gasteiger partial charge in [-0.25, -0.2) is 0 Å². The molecule has 2 rings (SSSR count). The predicted octanol–water partition coefficient (Wildman–Crippen LogP) is 4.19. The molecule has 5 heteroatoms. The van der Waals surface area contributed by atoms with E-state index in [0.29, 0.717) is 10.3 Å². The molecule has 0 bridgehead atoms. The molecule has 0 unspecified atom stereocenters. The molecule has 14 heavy (non-hydrogen) atoms. The number of benzene rings is 1. The van der Waals surface area contributed by atoms with E-state index in [1.54, 1.807) is 5.38 Å². The van der Waals surface area contributed by atoms with Gasteiger partial charge >= 0.3 is 0 Å². The van der Waals surface area contributed by atoms with Crippen molar-refractivity contribution in [1.29, 1.82) is 0 Å². The minimum Gasteiger partial charge on any atom is -0.430 e. The Kier molecular flexibility index (Phi) is 3.25. The van der Waals surface area contributed by atoms with E-state index in [0.717, 1.165) is 9.32 Å². The number of nitrogens with zero attached hydrogens (tertiary/aromatic N) is 1. The summed E-state index contributed by atoms with van der Waals surface area (Å²) >= 11 is 9.28. The summed E-state index contributed by atoms with van der Waals surface area (Å²) < 4.78 is 6.60. The van der Waals surface area contributed by atoms with Crippen molar-refractivity contribution in [2.75, 3.05) is 0 Å². The zero-order chi connectivity index (χ0) is 9.97. The van der Waals surface area contributed by atoms with E-state index in [1.807, 2.05) is 24.3 Å².